The van der Waals surface area contributed by atoms with Crippen LogP contribution in [0.3, 0.4) is 0 Å². The maximum absolute atomic E-state index is 12.5. The van der Waals surface area contributed by atoms with E-state index in [-0.39, 0.29) is 5.78 Å². The molecule has 2 aromatic carbocycles. The normalized spacial score (nSPS) is 10.9. The lowest BCUT2D eigenvalue weighted by Crippen LogP contribution is -2.02. The molecule has 100 valence electrons. The Hall–Kier alpha value is -1.87. The zero-order chi connectivity index (χ0) is 14.1. The minimum atomic E-state index is 0.137. The van der Waals surface area contributed by atoms with Crippen molar-refractivity contribution in [2.75, 3.05) is 0 Å². The first-order chi connectivity index (χ1) is 9.63. The van der Waals surface area contributed by atoms with Gasteiger partial charge in [0.2, 0.25) is 0 Å². The maximum atomic E-state index is 12.5. The van der Waals surface area contributed by atoms with Crippen molar-refractivity contribution in [1.29, 1.82) is 0 Å². The number of halogens is 1. The van der Waals surface area contributed by atoms with Gasteiger partial charge in [-0.15, -0.1) is 0 Å². The van der Waals surface area contributed by atoms with Gasteiger partial charge in [0, 0.05) is 33.6 Å². The lowest BCUT2D eigenvalue weighted by molar-refractivity contribution is 0.0994. The van der Waals surface area contributed by atoms with Gasteiger partial charge in [0.05, 0.1) is 0 Å². The second kappa shape index (κ2) is 5.25. The van der Waals surface area contributed by atoms with E-state index in [9.17, 15) is 4.79 Å². The third kappa shape index (κ3) is 2.54. The number of hydrogen-bond donors (Lipinski definition) is 1. The molecule has 3 heteroatoms. The molecule has 0 unspecified atom stereocenters. The van der Waals surface area contributed by atoms with E-state index >= 15 is 0 Å². The predicted octanol–water partition coefficient (Wildman–Crippen LogP) is 4.66. The average molecular weight is 328 g/mol. The van der Waals surface area contributed by atoms with Crippen LogP contribution >= 0.6 is 15.9 Å². The average Bonchev–Trinajstić information content (AvgIpc) is 2.84. The van der Waals surface area contributed by atoms with E-state index in [1.165, 1.54) is 5.56 Å². The van der Waals surface area contributed by atoms with Crippen molar-refractivity contribution in [1.82, 2.24) is 4.98 Å². The molecule has 1 N–H and O–H groups in total. The number of H-pyrrole nitrogens is 1. The lowest BCUT2D eigenvalue weighted by atomic mass is 10.0. The van der Waals surface area contributed by atoms with Gasteiger partial charge in [-0.25, -0.2) is 0 Å². The number of fused-ring (bicyclic) bond motifs is 1. The van der Waals surface area contributed by atoms with Crippen molar-refractivity contribution >= 4 is 32.6 Å². The Morgan fingerprint density at radius 1 is 1.15 bits per heavy atom. The van der Waals surface area contributed by atoms with E-state index < -0.39 is 0 Å². The standard InChI is InChI=1S/C17H14BrNO/c1-11-2-4-12(5-3-11)8-17(20)15-10-19-16-7-6-13(18)9-14(15)16/h2-7,9-10,19H,8H2,1H3. The summed E-state index contributed by atoms with van der Waals surface area (Å²) in [5.74, 6) is 0.137. The molecule has 0 amide bonds. The Morgan fingerprint density at radius 3 is 2.65 bits per heavy atom. The minimum absolute atomic E-state index is 0.137. The van der Waals surface area contributed by atoms with Gasteiger partial charge in [0.1, 0.15) is 0 Å². The van der Waals surface area contributed by atoms with Gasteiger partial charge >= 0.3 is 0 Å². The SMILES string of the molecule is Cc1ccc(CC(=O)c2c[nH]c3ccc(Br)cc23)cc1. The molecule has 0 fully saturated rings. The summed E-state index contributed by atoms with van der Waals surface area (Å²) in [6, 6.07) is 14.0. The molecule has 3 rings (SSSR count). The number of aryl methyl sites for hydroxylation is 1. The van der Waals surface area contributed by atoms with Crippen LogP contribution in [0, 0.1) is 6.92 Å². The number of nitrogens with one attached hydrogen (secondary N) is 1. The topological polar surface area (TPSA) is 32.9 Å². The van der Waals surface area contributed by atoms with E-state index in [1.807, 2.05) is 49.4 Å². The maximum Gasteiger partial charge on any atom is 0.169 e. The molecular formula is C17H14BrNO. The number of benzene rings is 2. The number of carbonyl (C=O) groups is 1. The van der Waals surface area contributed by atoms with Gasteiger partial charge in [-0.2, -0.15) is 0 Å². The molecule has 0 bridgehead atoms. The zero-order valence-electron chi connectivity index (χ0n) is 11.1. The summed E-state index contributed by atoms with van der Waals surface area (Å²) in [5, 5.41) is 0.969. The number of aromatic nitrogens is 1. The van der Waals surface area contributed by atoms with Crippen LogP contribution in [0.25, 0.3) is 10.9 Å². The van der Waals surface area contributed by atoms with Crippen LogP contribution in [-0.4, -0.2) is 10.8 Å². The number of ketones is 1. The number of hydrogen-bond acceptors (Lipinski definition) is 1. The largest absolute Gasteiger partial charge is 0.360 e. The first kappa shape index (κ1) is 13.1. The molecule has 0 saturated heterocycles. The van der Waals surface area contributed by atoms with E-state index in [2.05, 4.69) is 20.9 Å². The lowest BCUT2D eigenvalue weighted by Gasteiger charge is -2.01. The van der Waals surface area contributed by atoms with Crippen LogP contribution in [0.1, 0.15) is 21.5 Å². The molecule has 20 heavy (non-hydrogen) atoms. The molecule has 0 aliphatic rings. The summed E-state index contributed by atoms with van der Waals surface area (Å²) in [5.41, 5.74) is 3.99. The Bertz CT molecular complexity index is 771. The fourth-order valence-corrected chi connectivity index (χ4v) is 2.67. The fraction of sp³-hybridized carbons (Fsp3) is 0.118. The highest BCUT2D eigenvalue weighted by Crippen LogP contribution is 2.24. The van der Waals surface area contributed by atoms with E-state index in [0.717, 1.165) is 26.5 Å². The van der Waals surface area contributed by atoms with Crippen LogP contribution in [0.5, 0.6) is 0 Å². The number of carbonyl (C=O) groups excluding carboxylic acids is 1. The molecule has 0 aliphatic carbocycles. The highest BCUT2D eigenvalue weighted by atomic mass is 79.9. The van der Waals surface area contributed by atoms with Crippen molar-refractivity contribution in [3.63, 3.8) is 0 Å². The van der Waals surface area contributed by atoms with Crippen molar-refractivity contribution in [2.24, 2.45) is 0 Å². The minimum Gasteiger partial charge on any atom is -0.360 e. The van der Waals surface area contributed by atoms with Crippen molar-refractivity contribution in [3.8, 4) is 0 Å². The number of aromatic amines is 1. The molecule has 0 aliphatic heterocycles. The molecule has 1 aromatic heterocycles. The molecule has 0 saturated carbocycles. The number of rotatable bonds is 3. The van der Waals surface area contributed by atoms with Gasteiger partial charge in [0.25, 0.3) is 0 Å². The predicted molar refractivity (Wildman–Crippen MR) is 85.2 cm³/mol. The first-order valence-electron chi connectivity index (χ1n) is 6.49. The summed E-state index contributed by atoms with van der Waals surface area (Å²) in [6.45, 7) is 2.04. The van der Waals surface area contributed by atoms with Crippen LogP contribution < -0.4 is 0 Å². The van der Waals surface area contributed by atoms with E-state index in [0.29, 0.717) is 6.42 Å². The molecule has 0 atom stereocenters. The quantitative estimate of drug-likeness (QED) is 0.697. The zero-order valence-corrected chi connectivity index (χ0v) is 12.7. The summed E-state index contributed by atoms with van der Waals surface area (Å²) in [6.07, 6.45) is 2.23. The Kier molecular flexibility index (Phi) is 3.45. The molecule has 0 spiro atoms. The Morgan fingerprint density at radius 2 is 1.90 bits per heavy atom. The Labute approximate surface area is 126 Å². The van der Waals surface area contributed by atoms with Crippen molar-refractivity contribution in [2.45, 2.75) is 13.3 Å². The molecule has 1 heterocycles. The summed E-state index contributed by atoms with van der Waals surface area (Å²) in [4.78, 5) is 15.6. The Balaban J connectivity index is 1.92. The van der Waals surface area contributed by atoms with Gasteiger partial charge in [-0.1, -0.05) is 45.8 Å². The monoisotopic (exact) mass is 327 g/mol. The van der Waals surface area contributed by atoms with Crippen molar-refractivity contribution in [3.05, 3.63) is 69.8 Å². The summed E-state index contributed by atoms with van der Waals surface area (Å²) < 4.78 is 0.981. The first-order valence-corrected chi connectivity index (χ1v) is 7.28. The smallest absolute Gasteiger partial charge is 0.169 e. The summed E-state index contributed by atoms with van der Waals surface area (Å²) >= 11 is 3.45. The second-order valence-electron chi connectivity index (χ2n) is 4.98. The third-order valence-electron chi connectivity index (χ3n) is 3.43. The highest BCUT2D eigenvalue weighted by Gasteiger charge is 2.12. The van der Waals surface area contributed by atoms with E-state index in [4.69, 9.17) is 0 Å². The second-order valence-corrected chi connectivity index (χ2v) is 5.89. The fourth-order valence-electron chi connectivity index (χ4n) is 2.31. The molecular weight excluding hydrogens is 314 g/mol. The van der Waals surface area contributed by atoms with Gasteiger partial charge in [-0.3, -0.25) is 4.79 Å². The van der Waals surface area contributed by atoms with Crippen LogP contribution in [0.15, 0.2) is 53.1 Å². The van der Waals surface area contributed by atoms with Crippen LogP contribution in [-0.2, 0) is 6.42 Å². The molecule has 3 aromatic rings. The van der Waals surface area contributed by atoms with Crippen LogP contribution in [0.4, 0.5) is 0 Å². The van der Waals surface area contributed by atoms with E-state index in [1.54, 1.807) is 6.20 Å². The summed E-state index contributed by atoms with van der Waals surface area (Å²) in [7, 11) is 0. The van der Waals surface area contributed by atoms with Crippen LogP contribution in [0.2, 0.25) is 0 Å². The third-order valence-corrected chi connectivity index (χ3v) is 3.92. The molecule has 2 nitrogen and oxygen atoms in total. The molecule has 0 radical (unpaired) electrons. The van der Waals surface area contributed by atoms with Gasteiger partial charge in [-0.05, 0) is 30.7 Å². The van der Waals surface area contributed by atoms with Gasteiger partial charge < -0.3 is 4.98 Å². The highest BCUT2D eigenvalue weighted by molar-refractivity contribution is 9.10. The van der Waals surface area contributed by atoms with Gasteiger partial charge in [0.15, 0.2) is 5.78 Å². The number of Topliss-reactive ketones (excluding diaryl/α,β-unsaturated/α-hetero) is 1. The van der Waals surface area contributed by atoms with Crippen molar-refractivity contribution < 1.29 is 4.79 Å².